The maximum absolute atomic E-state index is 14.2. The van der Waals surface area contributed by atoms with E-state index in [0.717, 1.165) is 12.1 Å². The minimum atomic E-state index is -1.64. The zero-order valence-corrected chi connectivity index (χ0v) is 14.5. The third-order valence-corrected chi connectivity index (χ3v) is 4.91. The van der Waals surface area contributed by atoms with Gasteiger partial charge >= 0.3 is 6.09 Å². The van der Waals surface area contributed by atoms with Crippen molar-refractivity contribution in [1.29, 1.82) is 0 Å². The molecule has 3 rings (SSSR count). The summed E-state index contributed by atoms with van der Waals surface area (Å²) in [6.45, 7) is 5.30. The van der Waals surface area contributed by atoms with E-state index < -0.39 is 34.7 Å². The number of fused-ring (bicyclic) bond motifs is 2. The molecule has 138 valence electrons. The predicted octanol–water partition coefficient (Wildman–Crippen LogP) is 3.85. The molecule has 1 N–H and O–H groups in total. The maximum Gasteiger partial charge on any atom is 0.410 e. The summed E-state index contributed by atoms with van der Waals surface area (Å²) in [5.74, 6) is -4.25. The van der Waals surface area contributed by atoms with Crippen LogP contribution in [0.1, 0.15) is 52.0 Å². The molecule has 2 fully saturated rings. The molecule has 2 saturated heterocycles. The second-order valence-electron chi connectivity index (χ2n) is 7.94. The van der Waals surface area contributed by atoms with E-state index in [4.69, 9.17) is 4.74 Å². The molecule has 25 heavy (non-hydrogen) atoms. The van der Waals surface area contributed by atoms with Crippen LogP contribution in [0.2, 0.25) is 0 Å². The highest BCUT2D eigenvalue weighted by atomic mass is 19.2. The number of carbonyl (C=O) groups excluding carboxylic acids is 1. The van der Waals surface area contributed by atoms with Crippen LogP contribution in [0.5, 0.6) is 0 Å². The topological polar surface area (TPSA) is 49.8 Å². The fourth-order valence-electron chi connectivity index (χ4n) is 3.94. The SMILES string of the molecule is CC(C)(C)OC(=O)N1C2CCC1CC(O)(c1ccc(F)c(F)c1F)C2. The maximum atomic E-state index is 14.2. The number of nitrogens with zero attached hydrogens (tertiary/aromatic N) is 1. The molecule has 0 saturated carbocycles. The quantitative estimate of drug-likeness (QED) is 0.777. The van der Waals surface area contributed by atoms with Crippen molar-refractivity contribution in [2.75, 3.05) is 0 Å². The molecule has 2 unspecified atom stereocenters. The Kier molecular flexibility index (Phi) is 4.26. The minimum Gasteiger partial charge on any atom is -0.444 e. The van der Waals surface area contributed by atoms with Gasteiger partial charge in [0.25, 0.3) is 0 Å². The molecule has 0 spiro atoms. The third kappa shape index (κ3) is 3.21. The van der Waals surface area contributed by atoms with Gasteiger partial charge in [0.15, 0.2) is 17.5 Å². The van der Waals surface area contributed by atoms with Crippen LogP contribution in [0, 0.1) is 17.5 Å². The van der Waals surface area contributed by atoms with Crippen LogP contribution < -0.4 is 0 Å². The van der Waals surface area contributed by atoms with Crippen LogP contribution in [-0.2, 0) is 10.3 Å². The first-order chi connectivity index (χ1) is 11.5. The summed E-state index contributed by atoms with van der Waals surface area (Å²) < 4.78 is 46.3. The van der Waals surface area contributed by atoms with Gasteiger partial charge in [0.05, 0.1) is 5.60 Å². The summed E-state index contributed by atoms with van der Waals surface area (Å²) in [6.07, 6.45) is 0.956. The molecule has 2 bridgehead atoms. The van der Waals surface area contributed by atoms with E-state index in [1.165, 1.54) is 0 Å². The highest BCUT2D eigenvalue weighted by molar-refractivity contribution is 5.69. The van der Waals surface area contributed by atoms with Crippen molar-refractivity contribution in [2.45, 2.75) is 69.7 Å². The van der Waals surface area contributed by atoms with Gasteiger partial charge in [0.1, 0.15) is 5.60 Å². The highest BCUT2D eigenvalue weighted by Gasteiger charge is 2.52. The Hall–Kier alpha value is -1.76. The van der Waals surface area contributed by atoms with Crippen LogP contribution in [-0.4, -0.2) is 33.8 Å². The number of amides is 1. The van der Waals surface area contributed by atoms with Crippen molar-refractivity contribution < 1.29 is 27.8 Å². The molecule has 2 atom stereocenters. The molecule has 0 radical (unpaired) electrons. The summed E-state index contributed by atoms with van der Waals surface area (Å²) in [7, 11) is 0. The first kappa shape index (κ1) is 18.0. The van der Waals surface area contributed by atoms with Gasteiger partial charge in [0.2, 0.25) is 0 Å². The largest absolute Gasteiger partial charge is 0.444 e. The summed E-state index contributed by atoms with van der Waals surface area (Å²) in [5, 5.41) is 10.9. The summed E-state index contributed by atoms with van der Waals surface area (Å²) in [6, 6.07) is 1.24. The van der Waals surface area contributed by atoms with Crippen molar-refractivity contribution in [2.24, 2.45) is 0 Å². The van der Waals surface area contributed by atoms with E-state index in [2.05, 4.69) is 0 Å². The molecule has 1 amide bonds. The van der Waals surface area contributed by atoms with E-state index in [9.17, 15) is 23.1 Å². The summed E-state index contributed by atoms with van der Waals surface area (Å²) in [4.78, 5) is 14.0. The van der Waals surface area contributed by atoms with Crippen LogP contribution in [0.15, 0.2) is 12.1 Å². The summed E-state index contributed by atoms with van der Waals surface area (Å²) >= 11 is 0. The molecule has 2 aliphatic rings. The standard InChI is InChI=1S/C18H22F3NO3/c1-17(2,3)25-16(23)22-10-4-5-11(22)9-18(24,8-10)12-6-7-13(19)15(21)14(12)20/h6-7,10-11,24H,4-5,8-9H2,1-3H3. The molecular formula is C18H22F3NO3. The Balaban J connectivity index is 1.86. The van der Waals surface area contributed by atoms with Crippen LogP contribution >= 0.6 is 0 Å². The monoisotopic (exact) mass is 357 g/mol. The lowest BCUT2D eigenvalue weighted by atomic mass is 9.80. The second kappa shape index (κ2) is 5.90. The van der Waals surface area contributed by atoms with Gasteiger partial charge < -0.3 is 14.7 Å². The van der Waals surface area contributed by atoms with E-state index in [1.54, 1.807) is 25.7 Å². The molecule has 2 heterocycles. The molecule has 4 nitrogen and oxygen atoms in total. The lowest BCUT2D eigenvalue weighted by molar-refractivity contribution is -0.0643. The van der Waals surface area contributed by atoms with E-state index in [0.29, 0.717) is 12.8 Å². The number of benzene rings is 1. The molecule has 0 aliphatic carbocycles. The average Bonchev–Trinajstić information content (AvgIpc) is 2.76. The number of hydrogen-bond donors (Lipinski definition) is 1. The third-order valence-electron chi connectivity index (χ3n) is 4.91. The fraction of sp³-hybridized carbons (Fsp3) is 0.611. The van der Waals surface area contributed by atoms with Crippen LogP contribution in [0.4, 0.5) is 18.0 Å². The van der Waals surface area contributed by atoms with Gasteiger partial charge in [-0.25, -0.2) is 18.0 Å². The Labute approximate surface area is 144 Å². The normalized spacial score (nSPS) is 29.0. The molecule has 1 aromatic rings. The van der Waals surface area contributed by atoms with Gasteiger partial charge in [-0.1, -0.05) is 6.07 Å². The zero-order valence-electron chi connectivity index (χ0n) is 14.5. The second-order valence-corrected chi connectivity index (χ2v) is 7.94. The van der Waals surface area contributed by atoms with E-state index in [-0.39, 0.29) is 30.5 Å². The molecule has 7 heteroatoms. The number of rotatable bonds is 1. The molecule has 0 aromatic heterocycles. The highest BCUT2D eigenvalue weighted by Crippen LogP contribution is 2.47. The number of halogens is 3. The number of carbonyl (C=O) groups is 1. The summed E-state index contributed by atoms with van der Waals surface area (Å²) in [5.41, 5.74) is -2.54. The van der Waals surface area contributed by atoms with Crippen molar-refractivity contribution in [3.05, 3.63) is 35.1 Å². The van der Waals surface area contributed by atoms with Gasteiger partial charge in [0, 0.05) is 30.5 Å². The first-order valence-electron chi connectivity index (χ1n) is 8.39. The van der Waals surface area contributed by atoms with Gasteiger partial charge in [-0.3, -0.25) is 0 Å². The van der Waals surface area contributed by atoms with Crippen molar-refractivity contribution in [3.8, 4) is 0 Å². The Morgan fingerprint density at radius 1 is 1.16 bits per heavy atom. The number of piperidine rings is 1. The fourth-order valence-corrected chi connectivity index (χ4v) is 3.94. The molecule has 2 aliphatic heterocycles. The zero-order chi connectivity index (χ0) is 18.6. The van der Waals surface area contributed by atoms with Crippen molar-refractivity contribution in [3.63, 3.8) is 0 Å². The lowest BCUT2D eigenvalue weighted by Crippen LogP contribution is -2.53. The van der Waals surface area contributed by atoms with Gasteiger partial charge in [-0.2, -0.15) is 0 Å². The van der Waals surface area contributed by atoms with E-state index in [1.807, 2.05) is 0 Å². The lowest BCUT2D eigenvalue weighted by Gasteiger charge is -2.44. The van der Waals surface area contributed by atoms with Crippen molar-refractivity contribution in [1.82, 2.24) is 4.90 Å². The Bertz CT molecular complexity index is 688. The van der Waals surface area contributed by atoms with Gasteiger partial charge in [-0.15, -0.1) is 0 Å². The predicted molar refractivity (Wildman–Crippen MR) is 84.3 cm³/mol. The molecular weight excluding hydrogens is 335 g/mol. The van der Waals surface area contributed by atoms with Crippen LogP contribution in [0.25, 0.3) is 0 Å². The van der Waals surface area contributed by atoms with E-state index >= 15 is 0 Å². The smallest absolute Gasteiger partial charge is 0.410 e. The number of aliphatic hydroxyl groups is 1. The molecule has 1 aromatic carbocycles. The first-order valence-corrected chi connectivity index (χ1v) is 8.39. The Morgan fingerprint density at radius 2 is 1.72 bits per heavy atom. The average molecular weight is 357 g/mol. The minimum absolute atomic E-state index is 0.0603. The Morgan fingerprint density at radius 3 is 2.24 bits per heavy atom. The number of ether oxygens (including phenoxy) is 1. The number of hydrogen-bond acceptors (Lipinski definition) is 3. The van der Waals surface area contributed by atoms with Gasteiger partial charge in [-0.05, 0) is 39.7 Å². The van der Waals surface area contributed by atoms with Crippen molar-refractivity contribution >= 4 is 6.09 Å². The van der Waals surface area contributed by atoms with Crippen LogP contribution in [0.3, 0.4) is 0 Å².